The number of nitrogens with one attached hydrogen (secondary N) is 3. The average molecular weight is 448 g/mol. The second kappa shape index (κ2) is 7.63. The van der Waals surface area contributed by atoms with Crippen molar-refractivity contribution in [2.75, 3.05) is 5.32 Å². The van der Waals surface area contributed by atoms with Crippen LogP contribution in [0, 0.1) is 0 Å². The molecule has 2 amide bonds. The summed E-state index contributed by atoms with van der Waals surface area (Å²) in [5.41, 5.74) is 4.79. The van der Waals surface area contributed by atoms with Crippen LogP contribution in [-0.4, -0.2) is 23.0 Å². The van der Waals surface area contributed by atoms with E-state index in [1.54, 1.807) is 12.3 Å². The second-order valence-corrected chi connectivity index (χ2v) is 7.46. The van der Waals surface area contributed by atoms with E-state index in [-0.39, 0.29) is 16.8 Å². The SMILES string of the molecule is O=C(Nc1cc2c3c(c(-c4ccccc4)[nH]c3c1)C=NNC2=O)c1cccc(C(F)(F)F)c1. The molecule has 1 aliphatic heterocycles. The Morgan fingerprint density at radius 2 is 1.76 bits per heavy atom. The molecule has 0 saturated heterocycles. The van der Waals surface area contributed by atoms with Crippen LogP contribution in [0.15, 0.2) is 71.8 Å². The third-order valence-electron chi connectivity index (χ3n) is 5.31. The van der Waals surface area contributed by atoms with Crippen molar-refractivity contribution in [3.05, 3.63) is 89.0 Å². The number of amides is 2. The first-order valence-corrected chi connectivity index (χ1v) is 9.88. The molecule has 5 rings (SSSR count). The molecule has 1 aliphatic rings. The quantitative estimate of drug-likeness (QED) is 0.403. The summed E-state index contributed by atoms with van der Waals surface area (Å²) in [6.45, 7) is 0. The molecule has 0 saturated carbocycles. The first-order chi connectivity index (χ1) is 15.8. The van der Waals surface area contributed by atoms with Gasteiger partial charge in [0, 0.05) is 27.7 Å². The van der Waals surface area contributed by atoms with Crippen molar-refractivity contribution in [2.45, 2.75) is 6.18 Å². The Balaban J connectivity index is 1.58. The smallest absolute Gasteiger partial charge is 0.354 e. The maximum atomic E-state index is 13.0. The number of hydrogen-bond donors (Lipinski definition) is 3. The summed E-state index contributed by atoms with van der Waals surface area (Å²) >= 11 is 0. The minimum Gasteiger partial charge on any atom is -0.354 e. The van der Waals surface area contributed by atoms with Crippen LogP contribution < -0.4 is 10.7 Å². The molecule has 4 aromatic rings. The molecule has 9 heteroatoms. The normalized spacial score (nSPS) is 13.0. The lowest BCUT2D eigenvalue weighted by Crippen LogP contribution is -2.18. The molecule has 1 aromatic heterocycles. The fourth-order valence-corrected chi connectivity index (χ4v) is 3.83. The number of H-pyrrole nitrogens is 1. The van der Waals surface area contributed by atoms with Gasteiger partial charge in [0.15, 0.2) is 0 Å². The molecule has 33 heavy (non-hydrogen) atoms. The molecule has 164 valence electrons. The van der Waals surface area contributed by atoms with Crippen molar-refractivity contribution in [1.29, 1.82) is 0 Å². The van der Waals surface area contributed by atoms with Crippen LogP contribution in [0.1, 0.15) is 31.8 Å². The van der Waals surface area contributed by atoms with Gasteiger partial charge in [-0.3, -0.25) is 9.59 Å². The summed E-state index contributed by atoms with van der Waals surface area (Å²) in [7, 11) is 0. The van der Waals surface area contributed by atoms with Gasteiger partial charge < -0.3 is 10.3 Å². The molecule has 0 aliphatic carbocycles. The monoisotopic (exact) mass is 448 g/mol. The Kier molecular flexibility index (Phi) is 4.74. The van der Waals surface area contributed by atoms with E-state index in [2.05, 4.69) is 20.8 Å². The third-order valence-corrected chi connectivity index (χ3v) is 5.31. The summed E-state index contributed by atoms with van der Waals surface area (Å²) in [4.78, 5) is 28.6. The molecule has 3 aromatic carbocycles. The van der Waals surface area contributed by atoms with Crippen molar-refractivity contribution in [2.24, 2.45) is 5.10 Å². The van der Waals surface area contributed by atoms with Gasteiger partial charge in [0.2, 0.25) is 0 Å². The lowest BCUT2D eigenvalue weighted by atomic mass is 10.0. The number of hydrazone groups is 1. The van der Waals surface area contributed by atoms with E-state index in [1.165, 1.54) is 18.2 Å². The van der Waals surface area contributed by atoms with E-state index >= 15 is 0 Å². The Hall–Kier alpha value is -4.40. The number of hydrogen-bond acceptors (Lipinski definition) is 3. The second-order valence-electron chi connectivity index (χ2n) is 7.46. The molecule has 0 radical (unpaired) electrons. The standard InChI is InChI=1S/C24H15F3N4O2/c25-24(26,27)15-8-4-7-14(9-15)22(32)29-16-10-17-20-18(12-28-31-23(17)33)21(30-19(20)11-16)13-5-2-1-3-6-13/h1-12,30H,(H,29,32)(H,31,33). The molecule has 6 nitrogen and oxygen atoms in total. The largest absolute Gasteiger partial charge is 0.416 e. The molecule has 0 spiro atoms. The first-order valence-electron chi connectivity index (χ1n) is 9.88. The van der Waals surface area contributed by atoms with Crippen molar-refractivity contribution >= 4 is 34.6 Å². The summed E-state index contributed by atoms with van der Waals surface area (Å²) < 4.78 is 39.0. The van der Waals surface area contributed by atoms with Crippen LogP contribution in [0.25, 0.3) is 22.2 Å². The highest BCUT2D eigenvalue weighted by atomic mass is 19.4. The van der Waals surface area contributed by atoms with E-state index in [0.717, 1.165) is 23.4 Å². The highest BCUT2D eigenvalue weighted by molar-refractivity contribution is 6.18. The van der Waals surface area contributed by atoms with Gasteiger partial charge in [-0.1, -0.05) is 36.4 Å². The first kappa shape index (κ1) is 20.5. The molecule has 0 atom stereocenters. The summed E-state index contributed by atoms with van der Waals surface area (Å²) in [5, 5.41) is 7.20. The summed E-state index contributed by atoms with van der Waals surface area (Å²) in [6.07, 6.45) is -3.01. The number of carbonyl (C=O) groups excluding carboxylic acids is 2. The van der Waals surface area contributed by atoms with Crippen molar-refractivity contribution in [1.82, 2.24) is 10.4 Å². The number of alkyl halides is 3. The third kappa shape index (κ3) is 3.73. The van der Waals surface area contributed by atoms with E-state index < -0.39 is 23.6 Å². The lowest BCUT2D eigenvalue weighted by molar-refractivity contribution is -0.137. The van der Waals surface area contributed by atoms with Gasteiger partial charge >= 0.3 is 6.18 Å². The number of halogens is 3. The highest BCUT2D eigenvalue weighted by Gasteiger charge is 2.31. The van der Waals surface area contributed by atoms with Gasteiger partial charge in [-0.05, 0) is 35.9 Å². The Morgan fingerprint density at radius 3 is 2.52 bits per heavy atom. The molecule has 3 N–H and O–H groups in total. The predicted octanol–water partition coefficient (Wildman–Crippen LogP) is 5.18. The fourth-order valence-electron chi connectivity index (χ4n) is 3.83. The van der Waals surface area contributed by atoms with Crippen LogP contribution in [-0.2, 0) is 6.18 Å². The summed E-state index contributed by atoms with van der Waals surface area (Å²) in [6, 6.07) is 16.7. The van der Waals surface area contributed by atoms with Crippen LogP contribution in [0.3, 0.4) is 0 Å². The van der Waals surface area contributed by atoms with Gasteiger partial charge in [0.25, 0.3) is 11.8 Å². The van der Waals surface area contributed by atoms with Crippen molar-refractivity contribution in [3.8, 4) is 11.3 Å². The molecule has 0 fully saturated rings. The van der Waals surface area contributed by atoms with Crippen LogP contribution in [0.2, 0.25) is 0 Å². The molecule has 2 heterocycles. The predicted molar refractivity (Wildman–Crippen MR) is 118 cm³/mol. The van der Waals surface area contributed by atoms with E-state index in [0.29, 0.717) is 16.5 Å². The maximum absolute atomic E-state index is 13.0. The number of aromatic nitrogens is 1. The highest BCUT2D eigenvalue weighted by Crippen LogP contribution is 2.35. The van der Waals surface area contributed by atoms with Gasteiger partial charge in [0.1, 0.15) is 0 Å². The Bertz CT molecular complexity index is 1440. The van der Waals surface area contributed by atoms with E-state index in [1.807, 2.05) is 30.3 Å². The van der Waals surface area contributed by atoms with Gasteiger partial charge in [-0.25, -0.2) is 5.43 Å². The number of carbonyl (C=O) groups is 2. The van der Waals surface area contributed by atoms with Crippen LogP contribution in [0.5, 0.6) is 0 Å². The van der Waals surface area contributed by atoms with Crippen LogP contribution >= 0.6 is 0 Å². The van der Waals surface area contributed by atoms with Gasteiger partial charge in [0.05, 0.1) is 23.0 Å². The average Bonchev–Trinajstić information content (AvgIpc) is 3.08. The Labute approximate surface area is 185 Å². The van der Waals surface area contributed by atoms with Crippen molar-refractivity contribution < 1.29 is 22.8 Å². The van der Waals surface area contributed by atoms with Gasteiger partial charge in [-0.15, -0.1) is 0 Å². The number of nitrogens with zero attached hydrogens (tertiary/aromatic N) is 1. The maximum Gasteiger partial charge on any atom is 0.416 e. The number of aromatic amines is 1. The zero-order valence-corrected chi connectivity index (χ0v) is 16.8. The molecular formula is C24H15F3N4O2. The number of benzene rings is 3. The Morgan fingerprint density at radius 1 is 0.970 bits per heavy atom. The molecular weight excluding hydrogens is 433 g/mol. The van der Waals surface area contributed by atoms with Gasteiger partial charge in [-0.2, -0.15) is 18.3 Å². The zero-order valence-electron chi connectivity index (χ0n) is 16.8. The molecule has 0 unspecified atom stereocenters. The fraction of sp³-hybridized carbons (Fsp3) is 0.0417. The molecule has 0 bridgehead atoms. The zero-order chi connectivity index (χ0) is 23.2. The minimum absolute atomic E-state index is 0.152. The van der Waals surface area contributed by atoms with Crippen molar-refractivity contribution in [3.63, 3.8) is 0 Å². The lowest BCUT2D eigenvalue weighted by Gasteiger charge is -2.10. The summed E-state index contributed by atoms with van der Waals surface area (Å²) in [5.74, 6) is -1.20. The topological polar surface area (TPSA) is 86.3 Å². The van der Waals surface area contributed by atoms with E-state index in [4.69, 9.17) is 0 Å². The number of anilines is 1. The van der Waals surface area contributed by atoms with Crippen LogP contribution in [0.4, 0.5) is 18.9 Å². The minimum atomic E-state index is -4.57. The van der Waals surface area contributed by atoms with E-state index in [9.17, 15) is 22.8 Å². The number of rotatable bonds is 3.